The van der Waals surface area contributed by atoms with Crippen molar-refractivity contribution in [3.8, 4) is 5.75 Å². The molecule has 146 valence electrons. The molecule has 0 radical (unpaired) electrons. The second kappa shape index (κ2) is 5.69. The second-order valence-electron chi connectivity index (χ2n) is 8.24. The smallest absolute Gasteiger partial charge is 0.314 e. The summed E-state index contributed by atoms with van der Waals surface area (Å²) in [7, 11) is 3.07. The molecular weight excluding hydrogens is 356 g/mol. The first-order valence-electron chi connectivity index (χ1n) is 9.86. The minimum absolute atomic E-state index is 0.0169. The van der Waals surface area contributed by atoms with Crippen molar-refractivity contribution < 1.29 is 19.1 Å². The molecule has 5 rings (SSSR count). The number of hydrogen-bond acceptors (Lipinski definition) is 5. The predicted molar refractivity (Wildman–Crippen MR) is 104 cm³/mol. The maximum atomic E-state index is 12.8. The van der Waals surface area contributed by atoms with Gasteiger partial charge in [-0.3, -0.25) is 14.6 Å². The first-order chi connectivity index (χ1) is 13.5. The first kappa shape index (κ1) is 17.5. The van der Waals surface area contributed by atoms with Crippen LogP contribution in [0.1, 0.15) is 31.7 Å². The Morgan fingerprint density at radius 1 is 1.36 bits per heavy atom. The van der Waals surface area contributed by atoms with E-state index in [4.69, 9.17) is 14.5 Å². The van der Waals surface area contributed by atoms with Crippen LogP contribution in [0.25, 0.3) is 0 Å². The molecular formula is C22H24N2O4. The van der Waals surface area contributed by atoms with Crippen LogP contribution in [0.5, 0.6) is 5.75 Å². The molecule has 2 fully saturated rings. The number of fused-ring (bicyclic) bond motifs is 1. The number of nitrogens with zero attached hydrogens (tertiary/aromatic N) is 2. The standard InChI is InChI=1S/C22H24N2O4/c1-4-21-8-7-17(25)24-10-9-22(20(21)24)15-6-5-13(27-2)11-16(15)23-18(22)14(12-21)19(26)28-3/h5-8,11,14,20H,4,9-10,12H2,1-3H3/t14?,20-,21-,22+/m0/s1. The number of esters is 1. The number of methoxy groups -OCH3 is 2. The molecule has 0 N–H and O–H groups in total. The van der Waals surface area contributed by atoms with Crippen molar-refractivity contribution in [1.29, 1.82) is 0 Å². The van der Waals surface area contributed by atoms with E-state index in [9.17, 15) is 9.59 Å². The topological polar surface area (TPSA) is 68.2 Å². The lowest BCUT2D eigenvalue weighted by atomic mass is 9.51. The number of benzene rings is 1. The summed E-state index contributed by atoms with van der Waals surface area (Å²) < 4.78 is 10.6. The van der Waals surface area contributed by atoms with E-state index in [-0.39, 0.29) is 23.3 Å². The van der Waals surface area contributed by atoms with Crippen LogP contribution in [0.2, 0.25) is 0 Å². The van der Waals surface area contributed by atoms with Crippen LogP contribution in [0.4, 0.5) is 5.69 Å². The molecule has 1 aromatic carbocycles. The van der Waals surface area contributed by atoms with Gasteiger partial charge in [0.05, 0.1) is 37.3 Å². The van der Waals surface area contributed by atoms with E-state index in [0.29, 0.717) is 13.0 Å². The Labute approximate surface area is 164 Å². The number of carbonyl (C=O) groups excluding carboxylic acids is 2. The van der Waals surface area contributed by atoms with Gasteiger partial charge in [0.1, 0.15) is 5.75 Å². The summed E-state index contributed by atoms with van der Waals surface area (Å²) in [5.41, 5.74) is 2.12. The van der Waals surface area contributed by atoms with E-state index in [1.807, 2.05) is 17.0 Å². The molecule has 1 spiro atoms. The summed E-state index contributed by atoms with van der Waals surface area (Å²) in [5.74, 6) is 0.151. The van der Waals surface area contributed by atoms with Crippen molar-refractivity contribution in [1.82, 2.24) is 4.90 Å². The fraction of sp³-hybridized carbons (Fsp3) is 0.500. The van der Waals surface area contributed by atoms with Crippen LogP contribution in [0, 0.1) is 11.3 Å². The van der Waals surface area contributed by atoms with Gasteiger partial charge >= 0.3 is 5.97 Å². The molecule has 28 heavy (non-hydrogen) atoms. The normalized spacial score (nSPS) is 34.5. The van der Waals surface area contributed by atoms with Crippen molar-refractivity contribution in [2.75, 3.05) is 20.8 Å². The van der Waals surface area contributed by atoms with Gasteiger partial charge in [0.15, 0.2) is 0 Å². The number of rotatable bonds is 3. The molecule has 4 aliphatic rings. The fourth-order valence-electron chi connectivity index (χ4n) is 6.16. The lowest BCUT2D eigenvalue weighted by Crippen LogP contribution is -2.64. The molecule has 3 aliphatic heterocycles. The molecule has 0 bridgehead atoms. The number of amides is 1. The van der Waals surface area contributed by atoms with Crippen molar-refractivity contribution in [2.45, 2.75) is 37.6 Å². The van der Waals surface area contributed by atoms with E-state index >= 15 is 0 Å². The molecule has 1 saturated carbocycles. The highest BCUT2D eigenvalue weighted by molar-refractivity contribution is 6.14. The zero-order valence-electron chi connectivity index (χ0n) is 16.4. The lowest BCUT2D eigenvalue weighted by Gasteiger charge is -2.55. The van der Waals surface area contributed by atoms with Gasteiger partial charge in [-0.1, -0.05) is 19.1 Å². The van der Waals surface area contributed by atoms with Crippen LogP contribution in [-0.2, 0) is 19.7 Å². The maximum absolute atomic E-state index is 12.8. The van der Waals surface area contributed by atoms with Crippen molar-refractivity contribution >= 4 is 23.3 Å². The monoisotopic (exact) mass is 380 g/mol. The summed E-state index contributed by atoms with van der Waals surface area (Å²) in [6.45, 7) is 2.82. The van der Waals surface area contributed by atoms with E-state index in [1.54, 1.807) is 13.2 Å². The third-order valence-electron chi connectivity index (χ3n) is 7.35. The Balaban J connectivity index is 1.79. The Bertz CT molecular complexity index is 952. The van der Waals surface area contributed by atoms with Gasteiger partial charge in [-0.05, 0) is 37.0 Å². The minimum Gasteiger partial charge on any atom is -0.497 e. The summed E-state index contributed by atoms with van der Waals surface area (Å²) in [6.07, 6.45) is 5.99. The van der Waals surface area contributed by atoms with Crippen molar-refractivity contribution in [3.05, 3.63) is 35.9 Å². The van der Waals surface area contributed by atoms with E-state index in [1.165, 1.54) is 7.11 Å². The summed E-state index contributed by atoms with van der Waals surface area (Å²) in [5, 5.41) is 0. The molecule has 3 heterocycles. The highest BCUT2D eigenvalue weighted by Gasteiger charge is 2.68. The first-order valence-corrected chi connectivity index (χ1v) is 9.86. The third kappa shape index (κ3) is 1.90. The van der Waals surface area contributed by atoms with Gasteiger partial charge in [-0.25, -0.2) is 0 Å². The molecule has 1 aromatic rings. The molecule has 1 amide bonds. The zero-order chi connectivity index (χ0) is 19.7. The number of ether oxygens (including phenoxy) is 2. The van der Waals surface area contributed by atoms with Gasteiger partial charge in [-0.2, -0.15) is 0 Å². The fourth-order valence-corrected chi connectivity index (χ4v) is 6.16. The molecule has 1 unspecified atom stereocenters. The molecule has 6 nitrogen and oxygen atoms in total. The van der Waals surface area contributed by atoms with E-state index < -0.39 is 11.3 Å². The summed E-state index contributed by atoms with van der Waals surface area (Å²) in [4.78, 5) is 32.5. The minimum atomic E-state index is -0.435. The van der Waals surface area contributed by atoms with E-state index in [0.717, 1.165) is 35.6 Å². The Kier molecular flexibility index (Phi) is 3.55. The molecule has 1 saturated heterocycles. The SMILES string of the molecule is CC[C@]12C=CC(=O)N3CC[C@@]4(C(=Nc5cc(OC)ccc54)C(C(=O)OC)C1)[C@@H]32. The van der Waals surface area contributed by atoms with Gasteiger partial charge in [-0.15, -0.1) is 0 Å². The molecule has 6 heteroatoms. The molecule has 1 aliphatic carbocycles. The Hall–Kier alpha value is -2.63. The number of carbonyl (C=O) groups is 2. The molecule has 4 atom stereocenters. The highest BCUT2D eigenvalue weighted by Crippen LogP contribution is 2.63. The quantitative estimate of drug-likeness (QED) is 0.756. The van der Waals surface area contributed by atoms with Gasteiger partial charge < -0.3 is 14.4 Å². The van der Waals surface area contributed by atoms with Crippen LogP contribution in [0.15, 0.2) is 35.3 Å². The number of aliphatic imine (C=N–C) groups is 1. The van der Waals surface area contributed by atoms with Gasteiger partial charge in [0.2, 0.25) is 5.91 Å². The predicted octanol–water partition coefficient (Wildman–Crippen LogP) is 2.78. The van der Waals surface area contributed by atoms with Crippen LogP contribution >= 0.6 is 0 Å². The lowest BCUT2D eigenvalue weighted by molar-refractivity contribution is -0.145. The van der Waals surface area contributed by atoms with Crippen molar-refractivity contribution in [3.63, 3.8) is 0 Å². The summed E-state index contributed by atoms with van der Waals surface area (Å²) in [6, 6.07) is 5.93. The number of hydrogen-bond donors (Lipinski definition) is 0. The Morgan fingerprint density at radius 3 is 2.89 bits per heavy atom. The summed E-state index contributed by atoms with van der Waals surface area (Å²) >= 11 is 0. The molecule has 0 aromatic heterocycles. The average Bonchev–Trinajstić information content (AvgIpc) is 3.29. The second-order valence-corrected chi connectivity index (χ2v) is 8.24. The van der Waals surface area contributed by atoms with Gasteiger partial charge in [0.25, 0.3) is 0 Å². The largest absolute Gasteiger partial charge is 0.497 e. The highest BCUT2D eigenvalue weighted by atomic mass is 16.5. The maximum Gasteiger partial charge on any atom is 0.314 e. The Morgan fingerprint density at radius 2 is 2.18 bits per heavy atom. The van der Waals surface area contributed by atoms with Crippen molar-refractivity contribution in [2.24, 2.45) is 16.3 Å². The van der Waals surface area contributed by atoms with Gasteiger partial charge in [0, 0.05) is 23.7 Å². The third-order valence-corrected chi connectivity index (χ3v) is 7.35. The van der Waals surface area contributed by atoms with Crippen LogP contribution < -0.4 is 4.74 Å². The van der Waals surface area contributed by atoms with E-state index in [2.05, 4.69) is 19.1 Å². The van der Waals surface area contributed by atoms with Crippen LogP contribution in [0.3, 0.4) is 0 Å². The average molecular weight is 380 g/mol. The zero-order valence-corrected chi connectivity index (χ0v) is 16.4. The van der Waals surface area contributed by atoms with Crippen LogP contribution in [-0.4, -0.2) is 49.3 Å².